The lowest BCUT2D eigenvalue weighted by Crippen LogP contribution is -2.36. The summed E-state index contributed by atoms with van der Waals surface area (Å²) in [5.74, 6) is 0.100. The molecule has 0 saturated heterocycles. The van der Waals surface area contributed by atoms with E-state index in [1.54, 1.807) is 7.11 Å². The second-order valence-corrected chi connectivity index (χ2v) is 8.44. The zero-order valence-electron chi connectivity index (χ0n) is 18.6. The van der Waals surface area contributed by atoms with E-state index >= 15 is 0 Å². The summed E-state index contributed by atoms with van der Waals surface area (Å²) in [7, 11) is 1.57. The van der Waals surface area contributed by atoms with Crippen LogP contribution in [0, 0.1) is 5.92 Å². The quantitative estimate of drug-likeness (QED) is 0.325. The number of nitrogens with zero attached hydrogens (tertiary/aromatic N) is 2. The van der Waals surface area contributed by atoms with E-state index in [9.17, 15) is 4.79 Å². The number of benzene rings is 3. The first kappa shape index (κ1) is 21.2. The molecule has 33 heavy (non-hydrogen) atoms. The van der Waals surface area contributed by atoms with Gasteiger partial charge in [0.15, 0.2) is 0 Å². The lowest BCUT2D eigenvalue weighted by molar-refractivity contribution is -0.123. The van der Waals surface area contributed by atoms with Gasteiger partial charge in [-0.3, -0.25) is 4.79 Å². The molecule has 166 valence electrons. The summed E-state index contributed by atoms with van der Waals surface area (Å²) >= 11 is 0. The van der Waals surface area contributed by atoms with Crippen molar-refractivity contribution in [2.24, 2.45) is 5.92 Å². The van der Waals surface area contributed by atoms with Crippen molar-refractivity contribution in [3.05, 3.63) is 126 Å². The van der Waals surface area contributed by atoms with Crippen molar-refractivity contribution >= 4 is 5.91 Å². The van der Waals surface area contributed by atoms with Gasteiger partial charge in [-0.2, -0.15) is 0 Å². The van der Waals surface area contributed by atoms with Gasteiger partial charge in [0.05, 0.1) is 12.0 Å². The molecule has 1 amide bonds. The van der Waals surface area contributed by atoms with Crippen molar-refractivity contribution in [1.29, 1.82) is 0 Å². The van der Waals surface area contributed by atoms with E-state index in [0.29, 0.717) is 0 Å². The Bertz CT molecular complexity index is 1110. The van der Waals surface area contributed by atoms with Crippen molar-refractivity contribution in [3.63, 3.8) is 0 Å². The van der Waals surface area contributed by atoms with Gasteiger partial charge in [0.2, 0.25) is 5.91 Å². The number of methoxy groups -OCH3 is 1. The van der Waals surface area contributed by atoms with E-state index in [4.69, 9.17) is 9.72 Å². The number of ether oxygens (including phenoxy) is 1. The van der Waals surface area contributed by atoms with Gasteiger partial charge in [-0.25, -0.2) is 4.98 Å². The zero-order chi connectivity index (χ0) is 22.7. The summed E-state index contributed by atoms with van der Waals surface area (Å²) in [4.78, 5) is 17.2. The number of amides is 1. The minimum Gasteiger partial charge on any atom is -0.364 e. The minimum atomic E-state index is -0.586. The van der Waals surface area contributed by atoms with E-state index in [1.807, 2.05) is 24.5 Å². The molecule has 0 aliphatic heterocycles. The summed E-state index contributed by atoms with van der Waals surface area (Å²) in [6.07, 6.45) is 4.83. The van der Waals surface area contributed by atoms with E-state index in [2.05, 4.69) is 88.9 Å². The highest BCUT2D eigenvalue weighted by Gasteiger charge is 2.46. The summed E-state index contributed by atoms with van der Waals surface area (Å²) in [6, 6.07) is 31.5. The second kappa shape index (κ2) is 9.04. The molecule has 4 aromatic rings. The SMILES string of the molecule is COCNC(=O)C1CC1c1cn(C(c2ccccc2)(c2ccccc2)c2ccccc2)cn1. The Hall–Kier alpha value is -3.70. The molecule has 1 saturated carbocycles. The maximum atomic E-state index is 12.4. The molecule has 0 radical (unpaired) electrons. The Labute approximate surface area is 194 Å². The first-order chi connectivity index (χ1) is 16.2. The molecule has 5 heteroatoms. The number of hydrogen-bond acceptors (Lipinski definition) is 3. The van der Waals surface area contributed by atoms with Crippen LogP contribution in [-0.4, -0.2) is 29.3 Å². The summed E-state index contributed by atoms with van der Waals surface area (Å²) < 4.78 is 7.17. The molecule has 1 aliphatic carbocycles. The summed E-state index contributed by atoms with van der Waals surface area (Å²) in [5.41, 5.74) is 3.81. The van der Waals surface area contributed by atoms with Crippen LogP contribution in [0.1, 0.15) is 34.7 Å². The number of carbonyl (C=O) groups excluding carboxylic acids is 1. The normalized spacial score (nSPS) is 17.5. The fraction of sp³-hybridized carbons (Fsp3) is 0.214. The third-order valence-corrected chi connectivity index (χ3v) is 6.46. The number of hydrogen-bond donors (Lipinski definition) is 1. The third-order valence-electron chi connectivity index (χ3n) is 6.46. The molecule has 1 aromatic heterocycles. The van der Waals surface area contributed by atoms with Crippen LogP contribution in [0.5, 0.6) is 0 Å². The monoisotopic (exact) mass is 437 g/mol. The molecule has 3 aromatic carbocycles. The van der Waals surface area contributed by atoms with Crippen LogP contribution in [0.2, 0.25) is 0 Å². The number of carbonyl (C=O) groups is 1. The molecule has 0 spiro atoms. The predicted molar refractivity (Wildman–Crippen MR) is 128 cm³/mol. The fourth-order valence-electron chi connectivity index (χ4n) is 4.78. The number of rotatable bonds is 8. The first-order valence-corrected chi connectivity index (χ1v) is 11.2. The van der Waals surface area contributed by atoms with Gasteiger partial charge in [0.25, 0.3) is 0 Å². The van der Waals surface area contributed by atoms with E-state index < -0.39 is 5.54 Å². The van der Waals surface area contributed by atoms with Crippen molar-refractivity contribution in [2.45, 2.75) is 17.9 Å². The molecule has 2 atom stereocenters. The van der Waals surface area contributed by atoms with Gasteiger partial charge in [-0.1, -0.05) is 91.0 Å². The van der Waals surface area contributed by atoms with Crippen LogP contribution in [0.3, 0.4) is 0 Å². The molecule has 1 fully saturated rings. The molecule has 5 nitrogen and oxygen atoms in total. The Kier molecular flexibility index (Phi) is 5.80. The maximum absolute atomic E-state index is 12.4. The minimum absolute atomic E-state index is 0.0249. The summed E-state index contributed by atoms with van der Waals surface area (Å²) in [6.45, 7) is 0.232. The van der Waals surface area contributed by atoms with E-state index in [1.165, 1.54) is 0 Å². The van der Waals surface area contributed by atoms with Crippen molar-refractivity contribution in [2.75, 3.05) is 13.8 Å². The lowest BCUT2D eigenvalue weighted by Gasteiger charge is -2.37. The maximum Gasteiger partial charge on any atom is 0.225 e. The number of imidazole rings is 1. The molecular weight excluding hydrogens is 410 g/mol. The molecular formula is C28H27N3O2. The molecule has 1 heterocycles. The van der Waals surface area contributed by atoms with Crippen LogP contribution in [0.25, 0.3) is 0 Å². The average Bonchev–Trinajstić information content (AvgIpc) is 3.54. The van der Waals surface area contributed by atoms with Crippen LogP contribution in [0.4, 0.5) is 0 Å². The Morgan fingerprint density at radius 2 is 1.45 bits per heavy atom. The van der Waals surface area contributed by atoms with Crippen LogP contribution < -0.4 is 5.32 Å². The number of aromatic nitrogens is 2. The standard InChI is InChI=1S/C28H27N3O2/c1-33-20-30-27(32)25-17-24(25)26-18-31(19-29-26)28(21-11-5-2-6-12-21,22-13-7-3-8-14-22)23-15-9-4-10-16-23/h2-16,18-19,24-25H,17,20H2,1H3,(H,30,32). The second-order valence-electron chi connectivity index (χ2n) is 8.44. The number of nitrogens with one attached hydrogen (secondary N) is 1. The van der Waals surface area contributed by atoms with Crippen LogP contribution in [0.15, 0.2) is 104 Å². The smallest absolute Gasteiger partial charge is 0.225 e. The van der Waals surface area contributed by atoms with Gasteiger partial charge in [-0.05, 0) is 23.1 Å². The highest BCUT2D eigenvalue weighted by atomic mass is 16.5. The molecule has 1 aliphatic rings. The lowest BCUT2D eigenvalue weighted by atomic mass is 9.77. The Balaban J connectivity index is 1.62. The van der Waals surface area contributed by atoms with E-state index in [0.717, 1.165) is 28.8 Å². The molecule has 5 rings (SSSR count). The van der Waals surface area contributed by atoms with Gasteiger partial charge in [0.1, 0.15) is 12.3 Å². The fourth-order valence-corrected chi connectivity index (χ4v) is 4.78. The third kappa shape index (κ3) is 3.85. The Morgan fingerprint density at radius 3 is 1.94 bits per heavy atom. The van der Waals surface area contributed by atoms with Gasteiger partial charge in [0, 0.05) is 25.1 Å². The topological polar surface area (TPSA) is 56.1 Å². The summed E-state index contributed by atoms with van der Waals surface area (Å²) in [5, 5.41) is 2.81. The van der Waals surface area contributed by atoms with Gasteiger partial charge < -0.3 is 14.6 Å². The van der Waals surface area contributed by atoms with Gasteiger partial charge in [-0.15, -0.1) is 0 Å². The van der Waals surface area contributed by atoms with Crippen LogP contribution >= 0.6 is 0 Å². The largest absolute Gasteiger partial charge is 0.364 e. The molecule has 0 bridgehead atoms. The van der Waals surface area contributed by atoms with Crippen molar-refractivity contribution in [1.82, 2.24) is 14.9 Å². The predicted octanol–water partition coefficient (Wildman–Crippen LogP) is 4.55. The average molecular weight is 438 g/mol. The molecule has 1 N–H and O–H groups in total. The Morgan fingerprint density at radius 1 is 0.939 bits per heavy atom. The molecule has 2 unspecified atom stereocenters. The van der Waals surface area contributed by atoms with Crippen molar-refractivity contribution < 1.29 is 9.53 Å². The van der Waals surface area contributed by atoms with E-state index in [-0.39, 0.29) is 24.5 Å². The first-order valence-electron chi connectivity index (χ1n) is 11.2. The van der Waals surface area contributed by atoms with Crippen LogP contribution in [-0.2, 0) is 15.1 Å². The highest BCUT2D eigenvalue weighted by Crippen LogP contribution is 2.48. The zero-order valence-corrected chi connectivity index (χ0v) is 18.6. The van der Waals surface area contributed by atoms with Gasteiger partial charge >= 0.3 is 0 Å². The highest BCUT2D eigenvalue weighted by molar-refractivity contribution is 5.82. The van der Waals surface area contributed by atoms with Crippen molar-refractivity contribution in [3.8, 4) is 0 Å².